The third kappa shape index (κ3) is 7.65. The molecule has 4 nitrogen and oxygen atoms in total. The van der Waals surface area contributed by atoms with Gasteiger partial charge in [-0.15, -0.1) is 0 Å². The van der Waals surface area contributed by atoms with E-state index in [9.17, 15) is 0 Å². The molecule has 0 atom stereocenters. The van der Waals surface area contributed by atoms with E-state index in [-0.39, 0.29) is 0 Å². The molecule has 29 heavy (non-hydrogen) atoms. The van der Waals surface area contributed by atoms with Crippen molar-refractivity contribution in [3.05, 3.63) is 71.3 Å². The predicted molar refractivity (Wildman–Crippen MR) is 120 cm³/mol. The second kappa shape index (κ2) is 11.8. The molecule has 156 valence electrons. The molecule has 0 unspecified atom stereocenters. The molecule has 1 saturated heterocycles. The Hall–Kier alpha value is -2.14. The molecule has 1 aliphatic heterocycles. The van der Waals surface area contributed by atoms with E-state index in [1.54, 1.807) is 0 Å². The maximum atomic E-state index is 6.00. The number of nitrogens with zero attached hydrogens (tertiary/aromatic N) is 1. The van der Waals surface area contributed by atoms with Crippen LogP contribution in [0, 0.1) is 0 Å². The molecule has 3 rings (SSSR count). The van der Waals surface area contributed by atoms with Crippen molar-refractivity contribution in [2.75, 3.05) is 40.0 Å². The third-order valence-electron chi connectivity index (χ3n) is 5.37. The van der Waals surface area contributed by atoms with E-state index in [2.05, 4.69) is 72.7 Å². The first-order valence-corrected chi connectivity index (χ1v) is 10.6. The fourth-order valence-electron chi connectivity index (χ4n) is 3.65. The molecule has 0 bridgehead atoms. The van der Waals surface area contributed by atoms with Crippen molar-refractivity contribution in [3.8, 4) is 5.75 Å². The summed E-state index contributed by atoms with van der Waals surface area (Å²) in [5.74, 6) is 0.946. The van der Waals surface area contributed by atoms with E-state index in [1.807, 2.05) is 12.1 Å². The minimum atomic E-state index is 0.620. The summed E-state index contributed by atoms with van der Waals surface area (Å²) in [5.41, 5.74) is 3.81. The topological polar surface area (TPSA) is 33.7 Å². The largest absolute Gasteiger partial charge is 0.492 e. The molecule has 4 heteroatoms. The predicted octanol–water partition coefficient (Wildman–Crippen LogP) is 4.37. The zero-order chi connectivity index (χ0) is 20.3. The Morgan fingerprint density at radius 1 is 1.14 bits per heavy atom. The van der Waals surface area contributed by atoms with Gasteiger partial charge in [0.2, 0.25) is 0 Å². The third-order valence-corrected chi connectivity index (χ3v) is 5.37. The van der Waals surface area contributed by atoms with Crippen molar-refractivity contribution >= 4 is 6.08 Å². The van der Waals surface area contributed by atoms with Crippen molar-refractivity contribution in [1.29, 1.82) is 0 Å². The van der Waals surface area contributed by atoms with Gasteiger partial charge in [0.25, 0.3) is 0 Å². The second-order valence-corrected chi connectivity index (χ2v) is 7.82. The summed E-state index contributed by atoms with van der Waals surface area (Å²) in [7, 11) is 2.19. The molecule has 1 N–H and O–H groups in total. The lowest BCUT2D eigenvalue weighted by molar-refractivity contribution is 0.0392. The van der Waals surface area contributed by atoms with Crippen LogP contribution in [0.25, 0.3) is 6.08 Å². The highest BCUT2D eigenvalue weighted by atomic mass is 16.5. The molecule has 2 aromatic carbocycles. The van der Waals surface area contributed by atoms with Crippen LogP contribution in [-0.2, 0) is 11.3 Å². The highest BCUT2D eigenvalue weighted by molar-refractivity contribution is 5.52. The van der Waals surface area contributed by atoms with E-state index in [4.69, 9.17) is 9.47 Å². The van der Waals surface area contributed by atoms with E-state index in [0.717, 1.165) is 51.4 Å². The monoisotopic (exact) mass is 394 g/mol. The van der Waals surface area contributed by atoms with Crippen molar-refractivity contribution < 1.29 is 9.47 Å². The summed E-state index contributed by atoms with van der Waals surface area (Å²) in [5, 5.41) is 3.52. The number of hydrogen-bond acceptors (Lipinski definition) is 4. The highest BCUT2D eigenvalue weighted by Crippen LogP contribution is 2.15. The smallest absolute Gasteiger partial charge is 0.119 e. The fraction of sp³-hybridized carbons (Fsp3) is 0.440. The zero-order valence-electron chi connectivity index (χ0n) is 17.8. The van der Waals surface area contributed by atoms with Crippen molar-refractivity contribution in [2.24, 2.45) is 0 Å². The Labute approximate surface area is 175 Å². The molecule has 1 heterocycles. The molecular formula is C25H34N2O2. The summed E-state index contributed by atoms with van der Waals surface area (Å²) in [4.78, 5) is 2.40. The summed E-state index contributed by atoms with van der Waals surface area (Å²) in [6.45, 7) is 7.28. The van der Waals surface area contributed by atoms with Crippen LogP contribution in [0.5, 0.6) is 5.75 Å². The van der Waals surface area contributed by atoms with Crippen molar-refractivity contribution in [2.45, 2.75) is 32.4 Å². The summed E-state index contributed by atoms with van der Waals surface area (Å²) in [6, 6.07) is 19.5. The normalized spacial score (nSPS) is 15.6. The van der Waals surface area contributed by atoms with E-state index in [1.165, 1.54) is 16.7 Å². The van der Waals surface area contributed by atoms with Gasteiger partial charge in [-0.05, 0) is 50.1 Å². The van der Waals surface area contributed by atoms with Gasteiger partial charge in [0.15, 0.2) is 0 Å². The van der Waals surface area contributed by atoms with Gasteiger partial charge in [-0.1, -0.05) is 54.1 Å². The molecule has 0 aromatic heterocycles. The number of benzene rings is 2. The molecule has 1 aliphatic rings. The van der Waals surface area contributed by atoms with Crippen LogP contribution in [0.3, 0.4) is 0 Å². The number of rotatable bonds is 10. The molecule has 0 aliphatic carbocycles. The number of ether oxygens (including phenoxy) is 2. The number of nitrogens with one attached hydrogen (secondary N) is 1. The molecule has 2 aromatic rings. The first-order valence-electron chi connectivity index (χ1n) is 10.6. The molecule has 0 radical (unpaired) electrons. The summed E-state index contributed by atoms with van der Waals surface area (Å²) < 4.78 is 11.4. The van der Waals surface area contributed by atoms with Gasteiger partial charge in [-0.3, -0.25) is 4.90 Å². The van der Waals surface area contributed by atoms with Gasteiger partial charge in [0.05, 0.1) is 0 Å². The van der Waals surface area contributed by atoms with E-state index < -0.39 is 0 Å². The first-order chi connectivity index (χ1) is 14.2. The average Bonchev–Trinajstić information content (AvgIpc) is 2.75. The van der Waals surface area contributed by atoms with Crippen LogP contribution in [0.15, 0.2) is 60.2 Å². The lowest BCUT2D eigenvalue weighted by Crippen LogP contribution is -2.38. The van der Waals surface area contributed by atoms with Crippen LogP contribution >= 0.6 is 0 Å². The SMILES string of the molecule is C/C(=C\c1ccccc1)CNCc1cccc(OCCN(C)C2CCOCC2)c1. The van der Waals surface area contributed by atoms with Crippen molar-refractivity contribution in [1.82, 2.24) is 10.2 Å². The summed E-state index contributed by atoms with van der Waals surface area (Å²) >= 11 is 0. The fourth-order valence-corrected chi connectivity index (χ4v) is 3.65. The lowest BCUT2D eigenvalue weighted by Gasteiger charge is -2.31. The van der Waals surface area contributed by atoms with Gasteiger partial charge in [0, 0.05) is 38.9 Å². The Morgan fingerprint density at radius 3 is 2.72 bits per heavy atom. The maximum absolute atomic E-state index is 6.00. The number of likely N-dealkylation sites (N-methyl/N-ethyl adjacent to an activating group) is 1. The van der Waals surface area contributed by atoms with Crippen LogP contribution in [0.2, 0.25) is 0 Å². The van der Waals surface area contributed by atoms with Crippen LogP contribution in [0.1, 0.15) is 30.9 Å². The lowest BCUT2D eigenvalue weighted by atomic mass is 10.1. The van der Waals surface area contributed by atoms with Crippen molar-refractivity contribution in [3.63, 3.8) is 0 Å². The quantitative estimate of drug-likeness (QED) is 0.649. The van der Waals surface area contributed by atoms with Crippen LogP contribution < -0.4 is 10.1 Å². The summed E-state index contributed by atoms with van der Waals surface area (Å²) in [6.07, 6.45) is 4.47. The number of hydrogen-bond donors (Lipinski definition) is 1. The Kier molecular flexibility index (Phi) is 8.75. The van der Waals surface area contributed by atoms with E-state index in [0.29, 0.717) is 12.6 Å². The van der Waals surface area contributed by atoms with E-state index >= 15 is 0 Å². The molecule has 0 spiro atoms. The van der Waals surface area contributed by atoms with Crippen LogP contribution in [0.4, 0.5) is 0 Å². The van der Waals surface area contributed by atoms with Gasteiger partial charge in [0.1, 0.15) is 12.4 Å². The first kappa shape index (κ1) is 21.6. The molecular weight excluding hydrogens is 360 g/mol. The van der Waals surface area contributed by atoms with Gasteiger partial charge >= 0.3 is 0 Å². The average molecular weight is 395 g/mol. The van der Waals surface area contributed by atoms with Gasteiger partial charge < -0.3 is 14.8 Å². The van der Waals surface area contributed by atoms with Gasteiger partial charge in [-0.25, -0.2) is 0 Å². The minimum Gasteiger partial charge on any atom is -0.492 e. The standard InChI is InChI=1S/C25H34N2O2/c1-21(17-22-7-4-3-5-8-22)19-26-20-23-9-6-10-25(18-23)29-16-13-27(2)24-11-14-28-15-12-24/h3-10,17-18,24,26H,11-16,19-20H2,1-2H3/b21-17+. The Balaban J connectivity index is 1.39. The molecule has 0 amide bonds. The minimum absolute atomic E-state index is 0.620. The molecule has 1 fully saturated rings. The Morgan fingerprint density at radius 2 is 1.93 bits per heavy atom. The zero-order valence-corrected chi connectivity index (χ0v) is 17.8. The molecule has 0 saturated carbocycles. The highest BCUT2D eigenvalue weighted by Gasteiger charge is 2.17. The maximum Gasteiger partial charge on any atom is 0.119 e. The van der Waals surface area contributed by atoms with Crippen LogP contribution in [-0.4, -0.2) is 50.9 Å². The second-order valence-electron chi connectivity index (χ2n) is 7.82. The Bertz CT molecular complexity index is 754. The van der Waals surface area contributed by atoms with Gasteiger partial charge in [-0.2, -0.15) is 0 Å².